The van der Waals surface area contributed by atoms with Crippen LogP contribution >= 0.6 is 0 Å². The van der Waals surface area contributed by atoms with Crippen molar-refractivity contribution < 1.29 is 19.1 Å². The minimum absolute atomic E-state index is 0.0945. The van der Waals surface area contributed by atoms with E-state index in [4.69, 9.17) is 4.74 Å². The minimum Gasteiger partial charge on any atom is -0.444 e. The van der Waals surface area contributed by atoms with Crippen LogP contribution in [0.3, 0.4) is 0 Å². The molecule has 7 heteroatoms. The summed E-state index contributed by atoms with van der Waals surface area (Å²) in [7, 11) is 0. The zero-order valence-corrected chi connectivity index (χ0v) is 24.3. The van der Waals surface area contributed by atoms with Crippen molar-refractivity contribution in [1.82, 2.24) is 15.5 Å². The molecule has 0 saturated heterocycles. The van der Waals surface area contributed by atoms with Gasteiger partial charge in [-0.1, -0.05) is 52.0 Å². The third-order valence-electron chi connectivity index (χ3n) is 6.09. The smallest absolute Gasteiger partial charge is 0.408 e. The van der Waals surface area contributed by atoms with Crippen LogP contribution in [0.4, 0.5) is 4.79 Å². The van der Waals surface area contributed by atoms with E-state index in [0.29, 0.717) is 12.8 Å². The Kier molecular flexibility index (Phi) is 11.5. The van der Waals surface area contributed by atoms with Gasteiger partial charge < -0.3 is 20.3 Å². The van der Waals surface area contributed by atoms with Crippen LogP contribution in [-0.4, -0.2) is 46.0 Å². The first kappa shape index (κ1) is 31.5. The zero-order chi connectivity index (χ0) is 27.8. The topological polar surface area (TPSA) is 87.7 Å². The van der Waals surface area contributed by atoms with Gasteiger partial charge >= 0.3 is 6.09 Å². The number of nitrogens with one attached hydrogen (secondary N) is 2. The van der Waals surface area contributed by atoms with Crippen molar-refractivity contribution in [1.29, 1.82) is 0 Å². The van der Waals surface area contributed by atoms with Crippen LogP contribution in [0.1, 0.15) is 106 Å². The fraction of sp³-hybridized carbons (Fsp3) is 0.690. The van der Waals surface area contributed by atoms with E-state index in [2.05, 4.69) is 17.6 Å². The van der Waals surface area contributed by atoms with Crippen LogP contribution in [0.15, 0.2) is 24.3 Å². The van der Waals surface area contributed by atoms with Crippen molar-refractivity contribution in [3.8, 4) is 0 Å². The number of ether oxygens (including phenoxy) is 1. The molecule has 2 unspecified atom stereocenters. The first-order valence-corrected chi connectivity index (χ1v) is 13.2. The summed E-state index contributed by atoms with van der Waals surface area (Å²) in [6.07, 6.45) is 1.27. The molecule has 204 valence electrons. The number of hydrogen-bond donors (Lipinski definition) is 2. The Morgan fingerprint density at radius 3 is 1.89 bits per heavy atom. The average molecular weight is 504 g/mol. The molecule has 2 atom stereocenters. The summed E-state index contributed by atoms with van der Waals surface area (Å²) in [5.74, 6) is -0.415. The lowest BCUT2D eigenvalue weighted by Gasteiger charge is -2.45. The summed E-state index contributed by atoms with van der Waals surface area (Å²) in [6, 6.07) is 6.06. The average Bonchev–Trinajstić information content (AvgIpc) is 2.74. The van der Waals surface area contributed by atoms with Gasteiger partial charge in [-0.2, -0.15) is 0 Å². The highest BCUT2D eigenvalue weighted by atomic mass is 16.6. The number of nitrogens with zero attached hydrogens (tertiary/aromatic N) is 1. The van der Waals surface area contributed by atoms with Gasteiger partial charge in [-0.25, -0.2) is 4.79 Å². The SMILES string of the molecule is CCc1ccc(C(C(=O)NC(C)C)N(C(=O)C(CC(C)C)NC(=O)OC(C)(C)C)C(C)(C)CC)cc1. The van der Waals surface area contributed by atoms with Crippen molar-refractivity contribution in [3.63, 3.8) is 0 Å². The van der Waals surface area contributed by atoms with Gasteiger partial charge in [0, 0.05) is 11.6 Å². The monoisotopic (exact) mass is 503 g/mol. The van der Waals surface area contributed by atoms with E-state index in [1.807, 2.05) is 72.7 Å². The van der Waals surface area contributed by atoms with E-state index in [1.165, 1.54) is 0 Å². The first-order chi connectivity index (χ1) is 16.5. The Hall–Kier alpha value is -2.57. The van der Waals surface area contributed by atoms with E-state index >= 15 is 0 Å². The highest BCUT2D eigenvalue weighted by Gasteiger charge is 2.43. The molecule has 3 amide bonds. The molecule has 1 aromatic rings. The molecule has 7 nitrogen and oxygen atoms in total. The number of alkyl carbamates (subject to hydrolysis) is 1. The van der Waals surface area contributed by atoms with Crippen LogP contribution < -0.4 is 10.6 Å². The van der Waals surface area contributed by atoms with E-state index in [1.54, 1.807) is 25.7 Å². The molecule has 0 aliphatic carbocycles. The molecular formula is C29H49N3O4. The van der Waals surface area contributed by atoms with Gasteiger partial charge in [0.2, 0.25) is 11.8 Å². The van der Waals surface area contributed by atoms with Crippen LogP contribution in [0, 0.1) is 5.92 Å². The molecule has 0 aliphatic rings. The van der Waals surface area contributed by atoms with Crippen LogP contribution in [-0.2, 0) is 20.7 Å². The van der Waals surface area contributed by atoms with Crippen molar-refractivity contribution in [3.05, 3.63) is 35.4 Å². The second-order valence-electron chi connectivity index (χ2n) is 11.9. The summed E-state index contributed by atoms with van der Waals surface area (Å²) in [5, 5.41) is 5.81. The molecule has 0 saturated carbocycles. The molecule has 1 rings (SSSR count). The Balaban J connectivity index is 3.63. The normalized spacial score (nSPS) is 13.8. The maximum absolute atomic E-state index is 14.3. The number of amides is 3. The quantitative estimate of drug-likeness (QED) is 0.401. The van der Waals surface area contributed by atoms with E-state index in [9.17, 15) is 14.4 Å². The zero-order valence-electron chi connectivity index (χ0n) is 24.3. The standard InChI is InChI=1S/C29H49N3O4/c1-12-21-14-16-22(17-15-21)24(25(33)30-20(5)6)32(29(10,11)13-2)26(34)23(18-19(3)4)31-27(35)36-28(7,8)9/h14-17,19-20,23-24H,12-13,18H2,1-11H3,(H,30,33)(H,31,35). The Morgan fingerprint density at radius 2 is 1.47 bits per heavy atom. The van der Waals surface area contributed by atoms with Gasteiger partial charge in [0.15, 0.2) is 0 Å². The third kappa shape index (κ3) is 9.47. The fourth-order valence-electron chi connectivity index (χ4n) is 3.97. The molecule has 0 radical (unpaired) electrons. The molecule has 0 fully saturated rings. The van der Waals surface area contributed by atoms with Gasteiger partial charge in [0.05, 0.1) is 0 Å². The molecule has 0 aliphatic heterocycles. The van der Waals surface area contributed by atoms with Crippen molar-refractivity contribution >= 4 is 17.9 Å². The van der Waals surface area contributed by atoms with Gasteiger partial charge in [0.25, 0.3) is 0 Å². The molecular weight excluding hydrogens is 454 g/mol. The second-order valence-corrected chi connectivity index (χ2v) is 11.9. The van der Waals surface area contributed by atoms with Gasteiger partial charge in [-0.05, 0) is 84.8 Å². The maximum Gasteiger partial charge on any atom is 0.408 e. The lowest BCUT2D eigenvalue weighted by atomic mass is 9.90. The Bertz CT molecular complexity index is 870. The maximum atomic E-state index is 14.3. The van der Waals surface area contributed by atoms with Crippen molar-refractivity contribution in [2.24, 2.45) is 5.92 Å². The van der Waals surface area contributed by atoms with Crippen molar-refractivity contribution in [2.45, 2.75) is 125 Å². The number of carbonyl (C=O) groups is 3. The molecule has 0 spiro atoms. The predicted octanol–water partition coefficient (Wildman–Crippen LogP) is 5.77. The van der Waals surface area contributed by atoms with Crippen LogP contribution in [0.5, 0.6) is 0 Å². The van der Waals surface area contributed by atoms with E-state index < -0.39 is 29.3 Å². The summed E-state index contributed by atoms with van der Waals surface area (Å²) >= 11 is 0. The fourth-order valence-corrected chi connectivity index (χ4v) is 3.97. The number of carbonyl (C=O) groups excluding carboxylic acids is 3. The number of hydrogen-bond acceptors (Lipinski definition) is 4. The lowest BCUT2D eigenvalue weighted by molar-refractivity contribution is -0.149. The number of rotatable bonds is 11. The third-order valence-corrected chi connectivity index (χ3v) is 6.09. The summed E-state index contributed by atoms with van der Waals surface area (Å²) in [6.45, 7) is 21.1. The highest BCUT2D eigenvalue weighted by Crippen LogP contribution is 2.33. The van der Waals surface area contributed by atoms with Crippen LogP contribution in [0.2, 0.25) is 0 Å². The van der Waals surface area contributed by atoms with Crippen molar-refractivity contribution in [2.75, 3.05) is 0 Å². The van der Waals surface area contributed by atoms with Gasteiger partial charge in [0.1, 0.15) is 17.7 Å². The highest BCUT2D eigenvalue weighted by molar-refractivity contribution is 5.92. The molecule has 36 heavy (non-hydrogen) atoms. The molecule has 2 N–H and O–H groups in total. The second kappa shape index (κ2) is 13.1. The van der Waals surface area contributed by atoms with E-state index in [-0.39, 0.29) is 23.8 Å². The van der Waals surface area contributed by atoms with Crippen LogP contribution in [0.25, 0.3) is 0 Å². The molecule has 0 aromatic heterocycles. The first-order valence-electron chi connectivity index (χ1n) is 13.2. The molecule has 0 bridgehead atoms. The Labute approximate surface area is 218 Å². The number of benzene rings is 1. The largest absolute Gasteiger partial charge is 0.444 e. The predicted molar refractivity (Wildman–Crippen MR) is 146 cm³/mol. The summed E-state index contributed by atoms with van der Waals surface area (Å²) in [4.78, 5) is 42.3. The summed E-state index contributed by atoms with van der Waals surface area (Å²) in [5.41, 5.74) is 0.530. The minimum atomic E-state index is -0.851. The van der Waals surface area contributed by atoms with E-state index in [0.717, 1.165) is 17.5 Å². The number of aryl methyl sites for hydroxylation is 1. The molecule has 0 heterocycles. The summed E-state index contributed by atoms with van der Waals surface area (Å²) < 4.78 is 5.46. The van der Waals surface area contributed by atoms with Gasteiger partial charge in [-0.3, -0.25) is 9.59 Å². The molecule has 1 aromatic carbocycles. The van der Waals surface area contributed by atoms with Gasteiger partial charge in [-0.15, -0.1) is 0 Å². The Morgan fingerprint density at radius 1 is 0.917 bits per heavy atom. The lowest BCUT2D eigenvalue weighted by Crippen LogP contribution is -2.59.